The van der Waals surface area contributed by atoms with E-state index in [0.717, 1.165) is 36.1 Å². The first-order valence-corrected chi connectivity index (χ1v) is 9.09. The van der Waals surface area contributed by atoms with Crippen LogP contribution < -0.4 is 5.48 Å². The lowest BCUT2D eigenvalue weighted by atomic mass is 10.0. The Labute approximate surface area is 155 Å². The van der Waals surface area contributed by atoms with E-state index in [1.54, 1.807) is 11.6 Å². The molecule has 1 aromatic heterocycles. The van der Waals surface area contributed by atoms with Crippen molar-refractivity contribution < 1.29 is 10.0 Å². The van der Waals surface area contributed by atoms with Gasteiger partial charge in [0.2, 0.25) is 0 Å². The van der Waals surface area contributed by atoms with Crippen LogP contribution in [0.1, 0.15) is 30.0 Å². The first-order valence-electron chi connectivity index (χ1n) is 8.30. The molecule has 1 saturated heterocycles. The van der Waals surface area contributed by atoms with E-state index in [-0.39, 0.29) is 0 Å². The predicted octanol–water partition coefficient (Wildman–Crippen LogP) is 3.00. The summed E-state index contributed by atoms with van der Waals surface area (Å²) < 4.78 is 2.96. The number of carbonyl (C=O) groups is 1. The van der Waals surface area contributed by atoms with E-state index < -0.39 is 5.91 Å². The topological polar surface area (TPSA) is 70.4 Å². The fraction of sp³-hybridized carbons (Fsp3) is 0.333. The molecule has 2 heterocycles. The fourth-order valence-electron chi connectivity index (χ4n) is 3.20. The van der Waals surface area contributed by atoms with Crippen LogP contribution in [0.3, 0.4) is 0 Å². The van der Waals surface area contributed by atoms with Crippen LogP contribution in [-0.2, 0) is 11.3 Å². The molecule has 1 unspecified atom stereocenters. The Hall–Kier alpha value is -1.96. The Morgan fingerprint density at radius 1 is 1.36 bits per heavy atom. The van der Waals surface area contributed by atoms with Crippen LogP contribution in [-0.4, -0.2) is 38.9 Å². The minimum atomic E-state index is -0.531. The van der Waals surface area contributed by atoms with Crippen LogP contribution in [0, 0.1) is 0 Å². The average Bonchev–Trinajstić information content (AvgIpc) is 3.27. The maximum Gasteiger partial charge on any atom is 0.267 e. The van der Waals surface area contributed by atoms with Gasteiger partial charge in [-0.3, -0.25) is 19.6 Å². The number of likely N-dealkylation sites (tertiary alicyclic amines) is 1. The highest BCUT2D eigenvalue weighted by atomic mass is 79.9. The molecule has 0 aliphatic carbocycles. The van der Waals surface area contributed by atoms with Gasteiger partial charge in [-0.15, -0.1) is 0 Å². The number of hydroxylamine groups is 1. The van der Waals surface area contributed by atoms with E-state index in [1.807, 2.05) is 29.2 Å². The number of nitrogens with one attached hydrogen (secondary N) is 1. The number of halogens is 1. The van der Waals surface area contributed by atoms with E-state index in [0.29, 0.717) is 6.04 Å². The number of hydrogen-bond acceptors (Lipinski definition) is 4. The minimum absolute atomic E-state index is 0.428. The summed E-state index contributed by atoms with van der Waals surface area (Å²) in [5, 5.41) is 12.8. The Morgan fingerprint density at radius 3 is 2.84 bits per heavy atom. The van der Waals surface area contributed by atoms with E-state index >= 15 is 0 Å². The number of carbonyl (C=O) groups excluding carboxylic acids is 1. The summed E-state index contributed by atoms with van der Waals surface area (Å²) in [5.41, 5.74) is 3.81. The molecule has 0 bridgehead atoms. The summed E-state index contributed by atoms with van der Waals surface area (Å²) in [6.07, 6.45) is 9.15. The molecule has 25 heavy (non-hydrogen) atoms. The van der Waals surface area contributed by atoms with Gasteiger partial charge in [0.1, 0.15) is 0 Å². The van der Waals surface area contributed by atoms with Crippen LogP contribution in [0.15, 0.2) is 47.2 Å². The van der Waals surface area contributed by atoms with Crippen LogP contribution >= 0.6 is 15.9 Å². The normalized spacial score (nSPS) is 18.1. The van der Waals surface area contributed by atoms with Crippen molar-refractivity contribution in [3.05, 3.63) is 58.3 Å². The van der Waals surface area contributed by atoms with Gasteiger partial charge in [0.25, 0.3) is 5.91 Å². The molecule has 1 aliphatic heterocycles. The Kier molecular flexibility index (Phi) is 6.01. The molecule has 0 saturated carbocycles. The molecular weight excluding hydrogens is 384 g/mol. The SMILES string of the molecule is O=C(/C=C/c1ccc(C2CCCN2CCn2cc(Br)cn2)cc1)NO. The number of rotatable bonds is 6. The lowest BCUT2D eigenvalue weighted by Gasteiger charge is -2.24. The summed E-state index contributed by atoms with van der Waals surface area (Å²) >= 11 is 3.43. The van der Waals surface area contributed by atoms with E-state index in [4.69, 9.17) is 5.21 Å². The van der Waals surface area contributed by atoms with E-state index in [1.165, 1.54) is 18.1 Å². The molecule has 1 fully saturated rings. The molecule has 0 radical (unpaired) electrons. The quantitative estimate of drug-likeness (QED) is 0.441. The maximum absolute atomic E-state index is 11.0. The van der Waals surface area contributed by atoms with E-state index in [2.05, 4.69) is 38.1 Å². The summed E-state index contributed by atoms with van der Waals surface area (Å²) in [6.45, 7) is 2.95. The third-order valence-corrected chi connectivity index (χ3v) is 4.85. The largest absolute Gasteiger partial charge is 0.294 e. The monoisotopic (exact) mass is 404 g/mol. The lowest BCUT2D eigenvalue weighted by Crippen LogP contribution is -2.27. The number of aromatic nitrogens is 2. The zero-order valence-corrected chi connectivity index (χ0v) is 15.4. The highest BCUT2D eigenvalue weighted by Crippen LogP contribution is 2.31. The van der Waals surface area contributed by atoms with Crippen LogP contribution in [0.2, 0.25) is 0 Å². The highest BCUT2D eigenvalue weighted by Gasteiger charge is 2.25. The molecule has 2 N–H and O–H groups in total. The van der Waals surface area contributed by atoms with Gasteiger partial charge in [0.15, 0.2) is 0 Å². The van der Waals surface area contributed by atoms with Gasteiger partial charge in [-0.1, -0.05) is 24.3 Å². The second-order valence-electron chi connectivity index (χ2n) is 6.09. The van der Waals surface area contributed by atoms with Crippen LogP contribution in [0.4, 0.5) is 0 Å². The fourth-order valence-corrected chi connectivity index (χ4v) is 3.53. The number of amides is 1. The molecule has 3 rings (SSSR count). The summed E-state index contributed by atoms with van der Waals surface area (Å²) in [5.74, 6) is -0.531. The second-order valence-corrected chi connectivity index (χ2v) is 7.01. The van der Waals surface area contributed by atoms with Crippen molar-refractivity contribution in [1.82, 2.24) is 20.2 Å². The average molecular weight is 405 g/mol. The Morgan fingerprint density at radius 2 is 2.16 bits per heavy atom. The van der Waals surface area contributed by atoms with Gasteiger partial charge in [-0.25, -0.2) is 5.48 Å². The maximum atomic E-state index is 11.0. The molecule has 7 heteroatoms. The van der Waals surface area contributed by atoms with Crippen molar-refractivity contribution in [2.45, 2.75) is 25.4 Å². The van der Waals surface area contributed by atoms with Crippen LogP contribution in [0.25, 0.3) is 6.08 Å². The van der Waals surface area contributed by atoms with Crippen molar-refractivity contribution in [3.8, 4) is 0 Å². The second kappa shape index (κ2) is 8.42. The number of hydrogen-bond donors (Lipinski definition) is 2. The third kappa shape index (κ3) is 4.78. The van der Waals surface area contributed by atoms with Gasteiger partial charge < -0.3 is 0 Å². The van der Waals surface area contributed by atoms with Crippen molar-refractivity contribution in [1.29, 1.82) is 0 Å². The molecule has 1 atom stereocenters. The molecule has 1 aliphatic rings. The molecule has 0 spiro atoms. The summed E-state index contributed by atoms with van der Waals surface area (Å²) in [6, 6.07) is 8.65. The van der Waals surface area contributed by atoms with Crippen molar-refractivity contribution in [2.24, 2.45) is 0 Å². The van der Waals surface area contributed by atoms with Gasteiger partial charge in [0.05, 0.1) is 17.2 Å². The molecular formula is C18H21BrN4O2. The molecule has 132 valence electrons. The standard InChI is InChI=1S/C18H21BrN4O2/c19-16-12-20-23(13-16)11-10-22-9-1-2-17(22)15-6-3-14(4-7-15)5-8-18(24)21-25/h3-8,12-13,17,25H,1-2,9-11H2,(H,21,24)/b8-5+. The number of benzene rings is 1. The Bertz CT molecular complexity index is 742. The predicted molar refractivity (Wildman–Crippen MR) is 98.9 cm³/mol. The third-order valence-electron chi connectivity index (χ3n) is 4.44. The minimum Gasteiger partial charge on any atom is -0.294 e. The van der Waals surface area contributed by atoms with Gasteiger partial charge in [-0.2, -0.15) is 5.10 Å². The molecule has 6 nitrogen and oxygen atoms in total. The zero-order chi connectivity index (χ0) is 17.6. The van der Waals surface area contributed by atoms with Crippen molar-refractivity contribution in [2.75, 3.05) is 13.1 Å². The number of nitrogens with zero attached hydrogens (tertiary/aromatic N) is 3. The summed E-state index contributed by atoms with van der Waals surface area (Å²) in [7, 11) is 0. The van der Waals surface area contributed by atoms with E-state index in [9.17, 15) is 4.79 Å². The molecule has 1 aromatic carbocycles. The van der Waals surface area contributed by atoms with Gasteiger partial charge in [0, 0.05) is 24.9 Å². The smallest absolute Gasteiger partial charge is 0.267 e. The highest BCUT2D eigenvalue weighted by molar-refractivity contribution is 9.10. The zero-order valence-electron chi connectivity index (χ0n) is 13.8. The first-order chi connectivity index (χ1) is 12.2. The van der Waals surface area contributed by atoms with Crippen molar-refractivity contribution in [3.63, 3.8) is 0 Å². The van der Waals surface area contributed by atoms with Crippen molar-refractivity contribution >= 4 is 27.9 Å². The van der Waals surface area contributed by atoms with Gasteiger partial charge >= 0.3 is 0 Å². The molecule has 1 amide bonds. The first kappa shape index (κ1) is 17.8. The van der Waals surface area contributed by atoms with Crippen LogP contribution in [0.5, 0.6) is 0 Å². The summed E-state index contributed by atoms with van der Waals surface area (Å²) in [4.78, 5) is 13.5. The molecule has 2 aromatic rings. The lowest BCUT2D eigenvalue weighted by molar-refractivity contribution is -0.124. The Balaban J connectivity index is 1.61. The van der Waals surface area contributed by atoms with Gasteiger partial charge in [-0.05, 0) is 52.5 Å².